The van der Waals surface area contributed by atoms with Crippen molar-refractivity contribution in [3.63, 3.8) is 0 Å². The molecule has 0 amide bonds. The molecule has 0 atom stereocenters. The van der Waals surface area contributed by atoms with E-state index in [9.17, 15) is 14.4 Å². The van der Waals surface area contributed by atoms with Crippen LogP contribution in [-0.4, -0.2) is 20.2 Å². The number of hydrogen-bond acceptors (Lipinski definition) is 3. The summed E-state index contributed by atoms with van der Waals surface area (Å²) >= 11 is 0. The molecule has 0 spiro atoms. The summed E-state index contributed by atoms with van der Waals surface area (Å²) in [6.45, 7) is 0. The predicted molar refractivity (Wildman–Crippen MR) is 48.3 cm³/mol. The number of nitrogens with zero attached hydrogens (tertiary/aromatic N) is 2. The lowest BCUT2D eigenvalue weighted by Crippen LogP contribution is -2.38. The van der Waals surface area contributed by atoms with Crippen LogP contribution in [0.25, 0.3) is 0 Å². The van der Waals surface area contributed by atoms with Gasteiger partial charge in [0, 0.05) is 25.9 Å². The Morgan fingerprint density at radius 3 is 2.43 bits per heavy atom. The Morgan fingerprint density at radius 1 is 1.36 bits per heavy atom. The molecule has 0 aliphatic heterocycles. The minimum Gasteiger partial charge on any atom is -0.481 e. The van der Waals surface area contributed by atoms with Gasteiger partial charge >= 0.3 is 11.7 Å². The molecule has 6 nitrogen and oxygen atoms in total. The standard InChI is InChI=1S/C8H10N2O4/c1-9-5(4-7(12)13)3-6(11)10(2)8(9)14/h3H,4H2,1-2H3,(H,12,13). The maximum Gasteiger partial charge on any atom is 0.330 e. The van der Waals surface area contributed by atoms with Crippen molar-refractivity contribution in [2.24, 2.45) is 14.1 Å². The Morgan fingerprint density at radius 2 is 1.93 bits per heavy atom. The lowest BCUT2D eigenvalue weighted by molar-refractivity contribution is -0.136. The van der Waals surface area contributed by atoms with Crippen LogP contribution in [0.15, 0.2) is 15.7 Å². The fourth-order valence-corrected chi connectivity index (χ4v) is 1.10. The van der Waals surface area contributed by atoms with E-state index < -0.39 is 17.2 Å². The van der Waals surface area contributed by atoms with Gasteiger partial charge in [0.25, 0.3) is 5.56 Å². The van der Waals surface area contributed by atoms with Crippen molar-refractivity contribution < 1.29 is 9.90 Å². The van der Waals surface area contributed by atoms with Gasteiger partial charge in [0.1, 0.15) is 0 Å². The van der Waals surface area contributed by atoms with E-state index >= 15 is 0 Å². The topological polar surface area (TPSA) is 81.3 Å². The zero-order valence-corrected chi connectivity index (χ0v) is 7.85. The Kier molecular flexibility index (Phi) is 2.55. The van der Waals surface area contributed by atoms with Crippen LogP contribution in [0.1, 0.15) is 5.69 Å². The van der Waals surface area contributed by atoms with E-state index in [1.165, 1.54) is 14.1 Å². The van der Waals surface area contributed by atoms with Crippen molar-refractivity contribution in [3.05, 3.63) is 32.6 Å². The van der Waals surface area contributed by atoms with E-state index in [4.69, 9.17) is 5.11 Å². The second-order valence-corrected chi connectivity index (χ2v) is 2.95. The van der Waals surface area contributed by atoms with Gasteiger partial charge < -0.3 is 9.67 Å². The smallest absolute Gasteiger partial charge is 0.330 e. The summed E-state index contributed by atoms with van der Waals surface area (Å²) in [5.74, 6) is -1.08. The van der Waals surface area contributed by atoms with E-state index in [2.05, 4.69) is 0 Å². The molecule has 0 aromatic carbocycles. The molecule has 0 fully saturated rings. The zero-order valence-electron chi connectivity index (χ0n) is 7.85. The molecular formula is C8H10N2O4. The molecule has 0 aliphatic rings. The summed E-state index contributed by atoms with van der Waals surface area (Å²) in [5.41, 5.74) is -0.816. The van der Waals surface area contributed by atoms with Gasteiger partial charge in [-0.2, -0.15) is 0 Å². The molecule has 6 heteroatoms. The summed E-state index contributed by atoms with van der Waals surface area (Å²) in [7, 11) is 2.77. The molecule has 14 heavy (non-hydrogen) atoms. The van der Waals surface area contributed by atoms with Gasteiger partial charge in [-0.25, -0.2) is 4.79 Å². The minimum absolute atomic E-state index is 0.200. The van der Waals surface area contributed by atoms with Gasteiger partial charge in [0.15, 0.2) is 0 Å². The number of aliphatic carboxylic acids is 1. The minimum atomic E-state index is -1.08. The number of rotatable bonds is 2. The molecule has 1 N–H and O–H groups in total. The summed E-state index contributed by atoms with van der Waals surface area (Å²) < 4.78 is 2.07. The monoisotopic (exact) mass is 198 g/mol. The largest absolute Gasteiger partial charge is 0.481 e. The average molecular weight is 198 g/mol. The normalized spacial score (nSPS) is 10.1. The van der Waals surface area contributed by atoms with Crippen molar-refractivity contribution in [3.8, 4) is 0 Å². The molecule has 0 unspecified atom stereocenters. The van der Waals surface area contributed by atoms with Crippen LogP contribution < -0.4 is 11.2 Å². The van der Waals surface area contributed by atoms with Crippen molar-refractivity contribution in [1.82, 2.24) is 9.13 Å². The maximum absolute atomic E-state index is 11.3. The van der Waals surface area contributed by atoms with E-state index in [0.29, 0.717) is 0 Å². The first-order chi connectivity index (χ1) is 6.43. The molecule has 1 rings (SSSR count). The predicted octanol–water partition coefficient (Wildman–Crippen LogP) is -1.29. The first-order valence-electron chi connectivity index (χ1n) is 3.91. The van der Waals surface area contributed by atoms with Gasteiger partial charge in [-0.3, -0.25) is 14.2 Å². The van der Waals surface area contributed by atoms with Crippen LogP contribution >= 0.6 is 0 Å². The van der Waals surface area contributed by atoms with E-state index in [-0.39, 0.29) is 12.1 Å². The summed E-state index contributed by atoms with van der Waals surface area (Å²) in [5, 5.41) is 8.52. The molecular weight excluding hydrogens is 188 g/mol. The highest BCUT2D eigenvalue weighted by molar-refractivity contribution is 5.69. The lowest BCUT2D eigenvalue weighted by Gasteiger charge is -2.06. The second kappa shape index (κ2) is 3.49. The molecule has 1 heterocycles. The third kappa shape index (κ3) is 1.73. The van der Waals surface area contributed by atoms with Gasteiger partial charge in [-0.05, 0) is 0 Å². The fraction of sp³-hybridized carbons (Fsp3) is 0.375. The Labute approximate surface area is 79.0 Å². The van der Waals surface area contributed by atoms with E-state index in [1.54, 1.807) is 0 Å². The first kappa shape index (κ1) is 10.2. The molecule has 76 valence electrons. The van der Waals surface area contributed by atoms with Crippen LogP contribution in [0.5, 0.6) is 0 Å². The highest BCUT2D eigenvalue weighted by Gasteiger charge is 2.08. The van der Waals surface area contributed by atoms with Gasteiger partial charge in [0.2, 0.25) is 0 Å². The van der Waals surface area contributed by atoms with Crippen molar-refractivity contribution >= 4 is 5.97 Å². The molecule has 1 aromatic heterocycles. The Bertz CT molecular complexity index is 483. The number of aromatic nitrogens is 2. The van der Waals surface area contributed by atoms with Crippen LogP contribution in [0.4, 0.5) is 0 Å². The third-order valence-electron chi connectivity index (χ3n) is 1.96. The summed E-state index contributed by atoms with van der Waals surface area (Å²) in [6, 6.07) is 1.15. The van der Waals surface area contributed by atoms with Crippen LogP contribution in [0, 0.1) is 0 Å². The quantitative estimate of drug-likeness (QED) is 0.641. The van der Waals surface area contributed by atoms with Crippen LogP contribution in [-0.2, 0) is 25.3 Å². The zero-order chi connectivity index (χ0) is 10.9. The summed E-state index contributed by atoms with van der Waals surface area (Å²) in [6.07, 6.45) is -0.332. The number of carboxylic acid groups (broad SMARTS) is 1. The van der Waals surface area contributed by atoms with Crippen molar-refractivity contribution in [1.29, 1.82) is 0 Å². The molecule has 0 aliphatic carbocycles. The van der Waals surface area contributed by atoms with Crippen LogP contribution in [0.3, 0.4) is 0 Å². The molecule has 0 saturated carbocycles. The average Bonchev–Trinajstić information content (AvgIpc) is 2.10. The molecule has 1 aromatic rings. The Hall–Kier alpha value is -1.85. The highest BCUT2D eigenvalue weighted by Crippen LogP contribution is 1.91. The molecule has 0 bridgehead atoms. The molecule has 0 radical (unpaired) electrons. The van der Waals surface area contributed by atoms with Crippen LogP contribution in [0.2, 0.25) is 0 Å². The van der Waals surface area contributed by atoms with E-state index in [0.717, 1.165) is 15.2 Å². The second-order valence-electron chi connectivity index (χ2n) is 2.95. The molecule has 0 saturated heterocycles. The van der Waals surface area contributed by atoms with Gasteiger partial charge in [0.05, 0.1) is 6.42 Å². The fourth-order valence-electron chi connectivity index (χ4n) is 1.10. The van der Waals surface area contributed by atoms with Crippen molar-refractivity contribution in [2.75, 3.05) is 0 Å². The van der Waals surface area contributed by atoms with Gasteiger partial charge in [-0.1, -0.05) is 0 Å². The number of carboxylic acids is 1. The SMILES string of the molecule is Cn1c(CC(=O)O)cc(=O)n(C)c1=O. The van der Waals surface area contributed by atoms with Gasteiger partial charge in [-0.15, -0.1) is 0 Å². The third-order valence-corrected chi connectivity index (χ3v) is 1.96. The van der Waals surface area contributed by atoms with Crippen molar-refractivity contribution in [2.45, 2.75) is 6.42 Å². The number of carbonyl (C=O) groups is 1. The highest BCUT2D eigenvalue weighted by atomic mass is 16.4. The maximum atomic E-state index is 11.3. The Balaban J connectivity index is 3.41. The lowest BCUT2D eigenvalue weighted by atomic mass is 10.3. The first-order valence-corrected chi connectivity index (χ1v) is 3.91. The summed E-state index contributed by atoms with van der Waals surface area (Å²) in [4.78, 5) is 32.9. The number of hydrogen-bond donors (Lipinski definition) is 1. The van der Waals surface area contributed by atoms with E-state index in [1.807, 2.05) is 0 Å².